The van der Waals surface area contributed by atoms with Gasteiger partial charge in [0.1, 0.15) is 30.3 Å². The molecule has 4 aromatic rings. The van der Waals surface area contributed by atoms with Crippen LogP contribution in [0.4, 0.5) is 5.82 Å². The third-order valence-corrected chi connectivity index (χ3v) is 4.11. The van der Waals surface area contributed by atoms with E-state index in [2.05, 4.69) is 20.4 Å². The number of aromatic nitrogens is 4. The second kappa shape index (κ2) is 7.74. The maximum atomic E-state index is 5.76. The summed E-state index contributed by atoms with van der Waals surface area (Å²) in [5.74, 6) is 3.01. The number of rotatable bonds is 7. The third kappa shape index (κ3) is 3.67. The fourth-order valence-electron chi connectivity index (χ4n) is 2.79. The molecule has 2 aromatic heterocycles. The van der Waals surface area contributed by atoms with Crippen molar-refractivity contribution in [2.75, 3.05) is 25.6 Å². The third-order valence-electron chi connectivity index (χ3n) is 4.11. The van der Waals surface area contributed by atoms with Crippen LogP contribution in [0.1, 0.15) is 0 Å². The molecule has 27 heavy (non-hydrogen) atoms. The molecule has 0 spiro atoms. The van der Waals surface area contributed by atoms with Crippen molar-refractivity contribution in [3.8, 4) is 22.6 Å². The molecule has 1 N–H and O–H groups in total. The molecule has 7 heteroatoms. The molecular weight excluding hydrogens is 342 g/mol. The molecular formula is C20H19N5O2. The van der Waals surface area contributed by atoms with Crippen LogP contribution in [0.15, 0.2) is 67.1 Å². The van der Waals surface area contributed by atoms with Gasteiger partial charge in [0, 0.05) is 11.8 Å². The number of fused-ring (bicyclic) bond motifs is 1. The lowest BCUT2D eigenvalue weighted by atomic mass is 10.1. The molecule has 136 valence electrons. The second-order valence-electron chi connectivity index (χ2n) is 5.81. The number of hydrogen-bond acceptors (Lipinski definition) is 6. The summed E-state index contributed by atoms with van der Waals surface area (Å²) in [6.07, 6.45) is 3.29. The van der Waals surface area contributed by atoms with Gasteiger partial charge in [-0.1, -0.05) is 30.3 Å². The van der Waals surface area contributed by atoms with Crippen molar-refractivity contribution in [2.24, 2.45) is 0 Å². The summed E-state index contributed by atoms with van der Waals surface area (Å²) in [7, 11) is 1.65. The van der Waals surface area contributed by atoms with E-state index in [4.69, 9.17) is 9.47 Å². The van der Waals surface area contributed by atoms with E-state index < -0.39 is 0 Å². The number of nitrogens with zero attached hydrogens (tertiary/aromatic N) is 4. The highest BCUT2D eigenvalue weighted by molar-refractivity contribution is 5.76. The number of para-hydroxylation sites is 1. The molecule has 0 aliphatic rings. The molecule has 4 rings (SSSR count). The standard InChI is InChI=1S/C20H19N5O2/c1-26-16-9-7-15(8-10-16)18-13-22-20-23-14-24-25(20)19(18)21-11-12-27-17-5-3-2-4-6-17/h2-10,13-14,21H,11-12H2,1H3. The Morgan fingerprint density at radius 3 is 2.56 bits per heavy atom. The smallest absolute Gasteiger partial charge is 0.254 e. The van der Waals surface area contributed by atoms with Gasteiger partial charge < -0.3 is 14.8 Å². The lowest BCUT2D eigenvalue weighted by Crippen LogP contribution is -2.15. The Labute approximate surface area is 156 Å². The largest absolute Gasteiger partial charge is 0.497 e. The molecule has 0 aliphatic heterocycles. The molecule has 0 saturated carbocycles. The summed E-state index contributed by atoms with van der Waals surface area (Å²) >= 11 is 0. The summed E-state index contributed by atoms with van der Waals surface area (Å²) in [4.78, 5) is 8.55. The lowest BCUT2D eigenvalue weighted by molar-refractivity contribution is 0.332. The number of hydrogen-bond donors (Lipinski definition) is 1. The molecule has 0 atom stereocenters. The van der Waals surface area contributed by atoms with Gasteiger partial charge >= 0.3 is 0 Å². The summed E-state index contributed by atoms with van der Waals surface area (Å²) in [5.41, 5.74) is 1.93. The van der Waals surface area contributed by atoms with Gasteiger partial charge in [0.2, 0.25) is 0 Å². The number of nitrogens with one attached hydrogen (secondary N) is 1. The van der Waals surface area contributed by atoms with Gasteiger partial charge in [-0.2, -0.15) is 14.6 Å². The minimum Gasteiger partial charge on any atom is -0.497 e. The maximum Gasteiger partial charge on any atom is 0.254 e. The first kappa shape index (κ1) is 16.8. The normalized spacial score (nSPS) is 10.7. The molecule has 0 aliphatic carbocycles. The van der Waals surface area contributed by atoms with Gasteiger partial charge in [0.05, 0.1) is 13.7 Å². The van der Waals surface area contributed by atoms with Gasteiger partial charge in [0.25, 0.3) is 5.78 Å². The minimum atomic E-state index is 0.518. The molecule has 0 amide bonds. The van der Waals surface area contributed by atoms with E-state index in [0.29, 0.717) is 18.9 Å². The van der Waals surface area contributed by atoms with Crippen molar-refractivity contribution in [1.29, 1.82) is 0 Å². The zero-order chi connectivity index (χ0) is 18.5. The predicted octanol–water partition coefficient (Wildman–Crippen LogP) is 3.29. The van der Waals surface area contributed by atoms with Crippen LogP contribution in [-0.4, -0.2) is 39.8 Å². The molecule has 7 nitrogen and oxygen atoms in total. The van der Waals surface area contributed by atoms with Gasteiger partial charge in [-0.3, -0.25) is 0 Å². The molecule has 2 aromatic carbocycles. The zero-order valence-electron chi connectivity index (χ0n) is 14.9. The quantitative estimate of drug-likeness (QED) is 0.509. The Balaban J connectivity index is 1.56. The van der Waals surface area contributed by atoms with Crippen LogP contribution in [0, 0.1) is 0 Å². The fraction of sp³-hybridized carbons (Fsp3) is 0.150. The van der Waals surface area contributed by atoms with Gasteiger partial charge in [-0.15, -0.1) is 0 Å². The van der Waals surface area contributed by atoms with Crippen LogP contribution in [0.2, 0.25) is 0 Å². The van der Waals surface area contributed by atoms with Crippen molar-refractivity contribution < 1.29 is 9.47 Å². The predicted molar refractivity (Wildman–Crippen MR) is 103 cm³/mol. The molecule has 2 heterocycles. The van der Waals surface area contributed by atoms with E-state index in [9.17, 15) is 0 Å². The van der Waals surface area contributed by atoms with Crippen molar-refractivity contribution >= 4 is 11.6 Å². The Morgan fingerprint density at radius 2 is 1.78 bits per heavy atom. The van der Waals surface area contributed by atoms with Gasteiger partial charge in [0.15, 0.2) is 0 Å². The Morgan fingerprint density at radius 1 is 0.963 bits per heavy atom. The first-order valence-electron chi connectivity index (χ1n) is 8.60. The van der Waals surface area contributed by atoms with Gasteiger partial charge in [-0.25, -0.2) is 4.98 Å². The highest BCUT2D eigenvalue weighted by Gasteiger charge is 2.12. The SMILES string of the molecule is COc1ccc(-c2cnc3ncnn3c2NCCOc2ccccc2)cc1. The number of methoxy groups -OCH3 is 1. The Kier molecular flexibility index (Phi) is 4.82. The van der Waals surface area contributed by atoms with Crippen LogP contribution in [0.3, 0.4) is 0 Å². The summed E-state index contributed by atoms with van der Waals surface area (Å²) in [6.45, 7) is 1.13. The molecule has 0 bridgehead atoms. The Hall–Kier alpha value is -3.61. The van der Waals surface area contributed by atoms with Crippen LogP contribution in [-0.2, 0) is 0 Å². The molecule has 0 unspecified atom stereocenters. The fourth-order valence-corrected chi connectivity index (χ4v) is 2.79. The van der Waals surface area contributed by atoms with Crippen molar-refractivity contribution in [3.63, 3.8) is 0 Å². The van der Waals surface area contributed by atoms with Crippen LogP contribution in [0.25, 0.3) is 16.9 Å². The van der Waals surface area contributed by atoms with E-state index in [-0.39, 0.29) is 0 Å². The van der Waals surface area contributed by atoms with E-state index in [0.717, 1.165) is 28.4 Å². The summed E-state index contributed by atoms with van der Waals surface area (Å²) in [6, 6.07) is 17.6. The highest BCUT2D eigenvalue weighted by atomic mass is 16.5. The average molecular weight is 361 g/mol. The van der Waals surface area contributed by atoms with E-state index in [1.54, 1.807) is 17.8 Å². The van der Waals surface area contributed by atoms with E-state index in [1.807, 2.05) is 54.6 Å². The number of ether oxygens (including phenoxy) is 2. The van der Waals surface area contributed by atoms with E-state index >= 15 is 0 Å². The van der Waals surface area contributed by atoms with Crippen LogP contribution < -0.4 is 14.8 Å². The average Bonchev–Trinajstić information content (AvgIpc) is 3.21. The highest BCUT2D eigenvalue weighted by Crippen LogP contribution is 2.28. The molecule has 0 radical (unpaired) electrons. The second-order valence-corrected chi connectivity index (χ2v) is 5.81. The lowest BCUT2D eigenvalue weighted by Gasteiger charge is -2.14. The summed E-state index contributed by atoms with van der Waals surface area (Å²) in [5, 5.41) is 7.69. The molecule has 0 saturated heterocycles. The number of benzene rings is 2. The number of anilines is 1. The van der Waals surface area contributed by atoms with Crippen molar-refractivity contribution in [1.82, 2.24) is 19.6 Å². The van der Waals surface area contributed by atoms with Crippen molar-refractivity contribution in [2.45, 2.75) is 0 Å². The first-order chi connectivity index (χ1) is 13.3. The summed E-state index contributed by atoms with van der Waals surface area (Å²) < 4.78 is 12.7. The van der Waals surface area contributed by atoms with Crippen LogP contribution >= 0.6 is 0 Å². The molecule has 0 fully saturated rings. The zero-order valence-corrected chi connectivity index (χ0v) is 14.9. The van der Waals surface area contributed by atoms with Crippen molar-refractivity contribution in [3.05, 3.63) is 67.1 Å². The topological polar surface area (TPSA) is 73.6 Å². The van der Waals surface area contributed by atoms with Gasteiger partial charge in [-0.05, 0) is 29.8 Å². The van der Waals surface area contributed by atoms with E-state index in [1.165, 1.54) is 6.33 Å². The first-order valence-corrected chi connectivity index (χ1v) is 8.60. The Bertz CT molecular complexity index is 1020. The van der Waals surface area contributed by atoms with Crippen LogP contribution in [0.5, 0.6) is 11.5 Å². The minimum absolute atomic E-state index is 0.518. The maximum absolute atomic E-state index is 5.76. The monoisotopic (exact) mass is 361 g/mol.